The van der Waals surface area contributed by atoms with Gasteiger partial charge < -0.3 is 33.8 Å². The fourth-order valence-corrected chi connectivity index (χ4v) is 13.6. The van der Waals surface area contributed by atoms with Crippen LogP contribution in [0.25, 0.3) is 0 Å². The van der Waals surface area contributed by atoms with Crippen LogP contribution >= 0.6 is 15.6 Å². The lowest BCUT2D eigenvalue weighted by molar-refractivity contribution is -0.161. The minimum Gasteiger partial charge on any atom is -0.462 e. The number of carbonyl (C=O) groups excluding carboxylic acids is 4. The maximum Gasteiger partial charge on any atom is 0.472 e. The maximum absolute atomic E-state index is 13.1. The predicted octanol–water partition coefficient (Wildman–Crippen LogP) is 23.3. The highest BCUT2D eigenvalue weighted by Crippen LogP contribution is 2.45. The molecule has 0 rings (SSSR count). The van der Waals surface area contributed by atoms with Gasteiger partial charge in [0.15, 0.2) is 12.2 Å². The van der Waals surface area contributed by atoms with Crippen LogP contribution in [0.15, 0.2) is 0 Å². The van der Waals surface area contributed by atoms with Gasteiger partial charge in [0.25, 0.3) is 0 Å². The smallest absolute Gasteiger partial charge is 0.462 e. The van der Waals surface area contributed by atoms with E-state index >= 15 is 0 Å². The predicted molar refractivity (Wildman–Crippen MR) is 395 cm³/mol. The number of ether oxygens (including phenoxy) is 4. The van der Waals surface area contributed by atoms with E-state index in [0.717, 1.165) is 95.8 Å². The lowest BCUT2D eigenvalue weighted by Crippen LogP contribution is -2.30. The SMILES string of the molecule is CCCCCCCCCCCCCCCCCCCCCCCC(=O)O[C@H](COC(=O)CCCCCCCCCCCCCCCC)COP(=O)(O)OC[C@@H](O)COP(=O)(O)OC[C@@H](COC(=O)CCCCCCCCCCCC)OC(=O)CCCCCCCCCCC(C)CC. The Balaban J connectivity index is 5.21. The topological polar surface area (TPSA) is 237 Å². The Hall–Kier alpha value is -1.94. The number of phosphoric ester groups is 2. The summed E-state index contributed by atoms with van der Waals surface area (Å²) in [6.07, 6.45) is 61.0. The van der Waals surface area contributed by atoms with Crippen LogP contribution in [-0.2, 0) is 65.4 Å². The second kappa shape index (κ2) is 71.1. The van der Waals surface area contributed by atoms with E-state index in [0.29, 0.717) is 25.7 Å². The van der Waals surface area contributed by atoms with Gasteiger partial charge in [-0.3, -0.25) is 37.3 Å². The molecule has 0 aliphatic heterocycles. The first kappa shape index (κ1) is 95.1. The summed E-state index contributed by atoms with van der Waals surface area (Å²) in [4.78, 5) is 72.8. The molecule has 0 aromatic heterocycles. The molecule has 0 spiro atoms. The van der Waals surface area contributed by atoms with E-state index in [1.54, 1.807) is 0 Å². The normalized spacial score (nSPS) is 14.2. The van der Waals surface area contributed by atoms with Gasteiger partial charge in [0, 0.05) is 25.7 Å². The molecule has 0 saturated carbocycles. The van der Waals surface area contributed by atoms with E-state index in [9.17, 15) is 43.2 Å². The first-order valence-corrected chi connectivity index (χ1v) is 43.7. The van der Waals surface area contributed by atoms with Crippen molar-refractivity contribution >= 4 is 39.5 Å². The Morgan fingerprint density at radius 3 is 0.732 bits per heavy atom. The van der Waals surface area contributed by atoms with Crippen LogP contribution < -0.4 is 0 Å². The fraction of sp³-hybridized carbons (Fsp3) is 0.949. The van der Waals surface area contributed by atoms with E-state index in [1.807, 2.05) is 0 Å². The fourth-order valence-electron chi connectivity index (χ4n) is 12.0. The van der Waals surface area contributed by atoms with Crippen molar-refractivity contribution in [2.24, 2.45) is 5.92 Å². The summed E-state index contributed by atoms with van der Waals surface area (Å²) in [5, 5.41) is 10.6. The van der Waals surface area contributed by atoms with Crippen molar-refractivity contribution in [3.63, 3.8) is 0 Å². The molecule has 97 heavy (non-hydrogen) atoms. The minimum atomic E-state index is -4.96. The Morgan fingerprint density at radius 2 is 0.495 bits per heavy atom. The molecule has 576 valence electrons. The molecule has 0 amide bonds. The molecule has 6 atom stereocenters. The lowest BCUT2D eigenvalue weighted by atomic mass is 9.99. The molecular weight excluding hydrogens is 1270 g/mol. The molecule has 0 aromatic rings. The Morgan fingerprint density at radius 1 is 0.289 bits per heavy atom. The molecule has 0 saturated heterocycles. The molecule has 0 aliphatic carbocycles. The quantitative estimate of drug-likeness (QED) is 0.0222. The number of hydrogen-bond acceptors (Lipinski definition) is 15. The van der Waals surface area contributed by atoms with Crippen molar-refractivity contribution in [2.75, 3.05) is 39.6 Å². The standard InChI is InChI=1S/C78H152O17P2/c1-6-10-13-16-19-22-25-27-29-30-31-32-33-34-35-37-39-42-48-53-58-63-77(82)94-73(67-89-76(81)62-57-52-47-41-38-36-28-26-23-20-17-14-11-7-2)69-92-96(84,85)90-65-72(79)66-91-97(86,87)93-70-74(68-88-75(80)61-56-51-46-40-24-21-18-15-12-8-3)95-78(83)64-59-54-49-44-43-45-50-55-60-71(5)9-4/h71-74,79H,6-70H2,1-5H3,(H,84,85)(H,86,87)/t71?,72-,73-,74-/m1/s1. The van der Waals surface area contributed by atoms with Crippen LogP contribution in [0.3, 0.4) is 0 Å². The monoisotopic (exact) mass is 1420 g/mol. The maximum atomic E-state index is 13.1. The third-order valence-electron chi connectivity index (χ3n) is 18.6. The van der Waals surface area contributed by atoms with Crippen molar-refractivity contribution in [3.05, 3.63) is 0 Å². The lowest BCUT2D eigenvalue weighted by Gasteiger charge is -2.21. The minimum absolute atomic E-state index is 0.106. The van der Waals surface area contributed by atoms with Crippen molar-refractivity contribution < 1.29 is 80.2 Å². The van der Waals surface area contributed by atoms with Crippen LogP contribution in [0.4, 0.5) is 0 Å². The highest BCUT2D eigenvalue weighted by molar-refractivity contribution is 7.47. The number of unbranched alkanes of at least 4 members (excludes halogenated alkanes) is 49. The number of carbonyl (C=O) groups is 4. The van der Waals surface area contributed by atoms with Gasteiger partial charge in [-0.05, 0) is 31.6 Å². The third-order valence-corrected chi connectivity index (χ3v) is 20.5. The molecule has 0 radical (unpaired) electrons. The van der Waals surface area contributed by atoms with Gasteiger partial charge in [0.05, 0.1) is 26.4 Å². The molecule has 3 unspecified atom stereocenters. The Bertz CT molecular complexity index is 1860. The second-order valence-corrected chi connectivity index (χ2v) is 31.3. The number of phosphoric acid groups is 2. The zero-order valence-corrected chi connectivity index (χ0v) is 65.0. The van der Waals surface area contributed by atoms with Crippen molar-refractivity contribution in [2.45, 2.75) is 432 Å². The van der Waals surface area contributed by atoms with Crippen LogP contribution in [0.2, 0.25) is 0 Å². The zero-order valence-electron chi connectivity index (χ0n) is 63.2. The number of aliphatic hydroxyl groups is 1. The van der Waals surface area contributed by atoms with E-state index in [4.69, 9.17) is 37.0 Å². The van der Waals surface area contributed by atoms with Gasteiger partial charge >= 0.3 is 39.5 Å². The molecule has 0 bridgehead atoms. The number of aliphatic hydroxyl groups excluding tert-OH is 1. The molecule has 17 nitrogen and oxygen atoms in total. The van der Waals surface area contributed by atoms with Crippen molar-refractivity contribution in [1.29, 1.82) is 0 Å². The van der Waals surface area contributed by atoms with Crippen molar-refractivity contribution in [3.8, 4) is 0 Å². The molecule has 0 aromatic carbocycles. The van der Waals surface area contributed by atoms with E-state index in [2.05, 4.69) is 34.6 Å². The van der Waals surface area contributed by atoms with Gasteiger partial charge in [0.1, 0.15) is 19.3 Å². The molecule has 0 heterocycles. The largest absolute Gasteiger partial charge is 0.472 e. The summed E-state index contributed by atoms with van der Waals surface area (Å²) < 4.78 is 68.6. The van der Waals surface area contributed by atoms with Crippen LogP contribution in [0.1, 0.15) is 413 Å². The van der Waals surface area contributed by atoms with Crippen LogP contribution in [0, 0.1) is 5.92 Å². The van der Waals surface area contributed by atoms with E-state index in [1.165, 1.54) is 238 Å². The second-order valence-electron chi connectivity index (χ2n) is 28.3. The highest BCUT2D eigenvalue weighted by atomic mass is 31.2. The average Bonchev–Trinajstić information content (AvgIpc) is 1.45. The van der Waals surface area contributed by atoms with Gasteiger partial charge in [-0.15, -0.1) is 0 Å². The molecular formula is C78H152O17P2. The van der Waals surface area contributed by atoms with Gasteiger partial charge in [0.2, 0.25) is 0 Å². The van der Waals surface area contributed by atoms with Crippen molar-refractivity contribution in [1.82, 2.24) is 0 Å². The average molecular weight is 1420 g/mol. The third kappa shape index (κ3) is 70.9. The van der Waals surface area contributed by atoms with Gasteiger partial charge in [-0.25, -0.2) is 9.13 Å². The summed E-state index contributed by atoms with van der Waals surface area (Å²) in [6.45, 7) is 7.29. The van der Waals surface area contributed by atoms with Gasteiger partial charge in [-0.2, -0.15) is 0 Å². The molecule has 3 N–H and O–H groups in total. The number of hydrogen-bond donors (Lipinski definition) is 3. The van der Waals surface area contributed by atoms with E-state index in [-0.39, 0.29) is 25.7 Å². The molecule has 19 heteroatoms. The highest BCUT2D eigenvalue weighted by Gasteiger charge is 2.30. The molecule has 0 aliphatic rings. The Labute approximate surface area is 594 Å². The first-order valence-electron chi connectivity index (χ1n) is 40.7. The summed E-state index contributed by atoms with van der Waals surface area (Å²) in [7, 11) is -9.91. The Kier molecular flexibility index (Phi) is 69.6. The summed E-state index contributed by atoms with van der Waals surface area (Å²) in [6, 6.07) is 0. The van der Waals surface area contributed by atoms with E-state index < -0.39 is 97.5 Å². The summed E-state index contributed by atoms with van der Waals surface area (Å²) in [5.74, 6) is -1.34. The first-order chi connectivity index (χ1) is 47.1. The number of esters is 4. The number of rotatable bonds is 78. The molecule has 0 fully saturated rings. The zero-order chi connectivity index (χ0) is 71.2. The van der Waals surface area contributed by atoms with Gasteiger partial charge in [-0.1, -0.05) is 362 Å². The van der Waals surface area contributed by atoms with Crippen LogP contribution in [-0.4, -0.2) is 96.7 Å². The summed E-state index contributed by atoms with van der Waals surface area (Å²) >= 11 is 0. The summed E-state index contributed by atoms with van der Waals surface area (Å²) in [5.41, 5.74) is 0. The van der Waals surface area contributed by atoms with Crippen LogP contribution in [0.5, 0.6) is 0 Å².